The van der Waals surface area contributed by atoms with Gasteiger partial charge in [0.05, 0.1) is 5.92 Å². The molecule has 7 atom stereocenters. The first kappa shape index (κ1) is 23.9. The summed E-state index contributed by atoms with van der Waals surface area (Å²) < 4.78 is 59.0. The molecule has 2 saturated carbocycles. The minimum Gasteiger partial charge on any atom is -0.457 e. The lowest BCUT2D eigenvalue weighted by molar-refractivity contribution is -0.279. The van der Waals surface area contributed by atoms with Crippen LogP contribution in [0.15, 0.2) is 30.3 Å². The zero-order valence-corrected chi connectivity index (χ0v) is 18.9. The summed E-state index contributed by atoms with van der Waals surface area (Å²) in [6, 6.07) is 6.63. The summed E-state index contributed by atoms with van der Waals surface area (Å²) in [5.41, 5.74) is -5.38. The molecule has 1 aromatic carbocycles. The third-order valence-electron chi connectivity index (χ3n) is 8.10. The monoisotopic (exact) mass is 468 g/mol. The van der Waals surface area contributed by atoms with E-state index < -0.39 is 46.9 Å². The standard InChI is InChI=1S/C24H27F3O6/c1-13-12-17(19-22(33-19)11-10-16(29)18(14(2)28)21(13,22)3)32-20(30)23(31-4,24(25,26)27)15-8-6-5-7-9-15/h5-9,13,17-19H,10-12H2,1-4H3/t13-,17+,18+,19-,21-,22-,23-/m0/s1. The van der Waals surface area contributed by atoms with E-state index in [1.54, 1.807) is 0 Å². The van der Waals surface area contributed by atoms with Crippen molar-refractivity contribution in [3.8, 4) is 0 Å². The molecule has 4 rings (SSSR count). The van der Waals surface area contributed by atoms with Crippen molar-refractivity contribution in [1.82, 2.24) is 0 Å². The van der Waals surface area contributed by atoms with E-state index in [1.807, 2.05) is 13.8 Å². The SMILES string of the molecule is CO[C@](C(=O)O[C@@H]1C[C@H](C)[C@@]2(C)[C@H](C(C)=O)C(=O)CC[C@@]23O[C@@H]13)(c1ccccc1)C(F)(F)F. The number of ketones is 2. The molecule has 1 spiro atoms. The number of methoxy groups -OCH3 is 1. The first-order chi connectivity index (χ1) is 15.4. The van der Waals surface area contributed by atoms with Crippen LogP contribution in [-0.4, -0.2) is 48.6 Å². The van der Waals surface area contributed by atoms with Gasteiger partial charge in [0, 0.05) is 24.5 Å². The molecule has 0 amide bonds. The highest BCUT2D eigenvalue weighted by atomic mass is 19.4. The predicted molar refractivity (Wildman–Crippen MR) is 109 cm³/mol. The molecule has 33 heavy (non-hydrogen) atoms. The molecular weight excluding hydrogens is 441 g/mol. The summed E-state index contributed by atoms with van der Waals surface area (Å²) in [6.45, 7) is 5.02. The first-order valence-corrected chi connectivity index (χ1v) is 11.0. The van der Waals surface area contributed by atoms with Crippen LogP contribution in [0.5, 0.6) is 0 Å². The summed E-state index contributed by atoms with van der Waals surface area (Å²) in [6.07, 6.45) is -6.08. The van der Waals surface area contributed by atoms with Crippen LogP contribution in [0.25, 0.3) is 0 Å². The normalized spacial score (nSPS) is 37.4. The number of esters is 1. The molecule has 180 valence electrons. The first-order valence-electron chi connectivity index (χ1n) is 11.0. The van der Waals surface area contributed by atoms with Gasteiger partial charge in [-0.25, -0.2) is 4.79 Å². The van der Waals surface area contributed by atoms with Crippen LogP contribution in [0, 0.1) is 17.3 Å². The van der Waals surface area contributed by atoms with Gasteiger partial charge in [0.1, 0.15) is 29.4 Å². The maximum absolute atomic E-state index is 14.2. The summed E-state index contributed by atoms with van der Waals surface area (Å²) in [5, 5.41) is 0. The summed E-state index contributed by atoms with van der Waals surface area (Å²) in [7, 11) is 0.821. The molecule has 3 fully saturated rings. The minimum atomic E-state index is -5.08. The molecule has 0 radical (unpaired) electrons. The smallest absolute Gasteiger partial charge is 0.432 e. The van der Waals surface area contributed by atoms with Crippen molar-refractivity contribution in [1.29, 1.82) is 0 Å². The second kappa shape index (κ2) is 7.63. The highest BCUT2D eigenvalue weighted by Gasteiger charge is 2.79. The number of rotatable bonds is 5. The van der Waals surface area contributed by atoms with Crippen LogP contribution in [0.2, 0.25) is 0 Å². The Morgan fingerprint density at radius 2 is 1.82 bits per heavy atom. The van der Waals surface area contributed by atoms with Gasteiger partial charge in [0.15, 0.2) is 0 Å². The number of ether oxygens (including phenoxy) is 3. The van der Waals surface area contributed by atoms with Gasteiger partial charge in [-0.3, -0.25) is 9.59 Å². The topological polar surface area (TPSA) is 82.2 Å². The lowest BCUT2D eigenvalue weighted by Gasteiger charge is -2.51. The number of hydrogen-bond acceptors (Lipinski definition) is 6. The summed E-state index contributed by atoms with van der Waals surface area (Å²) >= 11 is 0. The molecule has 0 N–H and O–H groups in total. The molecule has 0 aromatic heterocycles. The van der Waals surface area contributed by atoms with Crippen LogP contribution in [0.1, 0.15) is 45.6 Å². The van der Waals surface area contributed by atoms with Crippen molar-refractivity contribution >= 4 is 17.5 Å². The van der Waals surface area contributed by atoms with Crippen molar-refractivity contribution in [2.45, 2.75) is 69.6 Å². The number of carbonyl (C=O) groups excluding carboxylic acids is 3. The third kappa shape index (κ3) is 3.11. The largest absolute Gasteiger partial charge is 0.457 e. The van der Waals surface area contributed by atoms with Crippen molar-refractivity contribution < 1.29 is 41.8 Å². The average Bonchev–Trinajstić information content (AvgIpc) is 3.47. The van der Waals surface area contributed by atoms with Gasteiger partial charge in [-0.2, -0.15) is 13.2 Å². The summed E-state index contributed by atoms with van der Waals surface area (Å²) in [4.78, 5) is 38.1. The van der Waals surface area contributed by atoms with Crippen LogP contribution >= 0.6 is 0 Å². The second-order valence-corrected chi connectivity index (χ2v) is 9.55. The van der Waals surface area contributed by atoms with E-state index in [0.29, 0.717) is 6.42 Å². The minimum absolute atomic E-state index is 0.137. The van der Waals surface area contributed by atoms with Gasteiger partial charge >= 0.3 is 12.1 Å². The number of halogens is 3. The molecular formula is C24H27F3O6. The van der Waals surface area contributed by atoms with Crippen LogP contribution < -0.4 is 0 Å². The Balaban J connectivity index is 1.66. The number of Topliss-reactive ketones (excluding diaryl/α,β-unsaturated/α-hetero) is 2. The van der Waals surface area contributed by atoms with Gasteiger partial charge in [0.2, 0.25) is 0 Å². The third-order valence-corrected chi connectivity index (χ3v) is 8.10. The number of benzene rings is 1. The molecule has 0 unspecified atom stereocenters. The van der Waals surface area contributed by atoms with Crippen LogP contribution in [-0.2, 0) is 34.2 Å². The average molecular weight is 468 g/mol. The van der Waals surface area contributed by atoms with E-state index in [4.69, 9.17) is 14.2 Å². The summed E-state index contributed by atoms with van der Waals surface area (Å²) in [5.74, 6) is -3.12. The van der Waals surface area contributed by atoms with E-state index in [2.05, 4.69) is 0 Å². The fraction of sp³-hybridized carbons (Fsp3) is 0.625. The van der Waals surface area contributed by atoms with Crippen LogP contribution in [0.3, 0.4) is 0 Å². The zero-order valence-electron chi connectivity index (χ0n) is 18.9. The maximum atomic E-state index is 14.2. The number of hydrogen-bond donors (Lipinski definition) is 0. The van der Waals surface area contributed by atoms with Gasteiger partial charge in [0.25, 0.3) is 5.60 Å². The molecule has 9 heteroatoms. The molecule has 3 aliphatic rings. The van der Waals surface area contributed by atoms with Crippen LogP contribution in [0.4, 0.5) is 13.2 Å². The Kier molecular flexibility index (Phi) is 5.52. The Labute approximate surface area is 189 Å². The highest BCUT2D eigenvalue weighted by molar-refractivity contribution is 6.03. The second-order valence-electron chi connectivity index (χ2n) is 9.55. The number of alkyl halides is 3. The van der Waals surface area contributed by atoms with Crippen molar-refractivity contribution in [2.24, 2.45) is 17.3 Å². The fourth-order valence-corrected chi connectivity index (χ4v) is 6.29. The zero-order chi connectivity index (χ0) is 24.4. The van der Waals surface area contributed by atoms with Gasteiger partial charge in [-0.1, -0.05) is 44.2 Å². The highest BCUT2D eigenvalue weighted by Crippen LogP contribution is 2.68. The lowest BCUT2D eigenvalue weighted by atomic mass is 9.49. The molecule has 2 aliphatic carbocycles. The maximum Gasteiger partial charge on any atom is 0.432 e. The van der Waals surface area contributed by atoms with Gasteiger partial charge in [-0.05, 0) is 25.7 Å². The van der Waals surface area contributed by atoms with E-state index in [9.17, 15) is 27.6 Å². The van der Waals surface area contributed by atoms with E-state index in [-0.39, 0.29) is 35.9 Å². The molecule has 1 aliphatic heterocycles. The Hall–Kier alpha value is -2.26. The lowest BCUT2D eigenvalue weighted by Crippen LogP contribution is -2.61. The van der Waals surface area contributed by atoms with E-state index >= 15 is 0 Å². The number of epoxide rings is 1. The van der Waals surface area contributed by atoms with Crippen molar-refractivity contribution in [2.75, 3.05) is 7.11 Å². The molecule has 6 nitrogen and oxygen atoms in total. The van der Waals surface area contributed by atoms with E-state index in [1.165, 1.54) is 25.1 Å². The Morgan fingerprint density at radius 3 is 2.36 bits per heavy atom. The quantitative estimate of drug-likeness (QED) is 0.372. The van der Waals surface area contributed by atoms with Gasteiger partial charge < -0.3 is 14.2 Å². The predicted octanol–water partition coefficient (Wildman–Crippen LogP) is 3.75. The van der Waals surface area contributed by atoms with Crippen molar-refractivity contribution in [3.63, 3.8) is 0 Å². The molecule has 0 bridgehead atoms. The Morgan fingerprint density at radius 1 is 1.18 bits per heavy atom. The fourth-order valence-electron chi connectivity index (χ4n) is 6.29. The van der Waals surface area contributed by atoms with E-state index in [0.717, 1.165) is 19.2 Å². The molecule has 1 aromatic rings. The van der Waals surface area contributed by atoms with Crippen molar-refractivity contribution in [3.05, 3.63) is 35.9 Å². The Bertz CT molecular complexity index is 978. The van der Waals surface area contributed by atoms with Gasteiger partial charge in [-0.15, -0.1) is 0 Å². The number of carbonyl (C=O) groups is 3. The molecule has 1 heterocycles. The molecule has 1 saturated heterocycles.